The van der Waals surface area contributed by atoms with Gasteiger partial charge in [0, 0.05) is 5.92 Å². The van der Waals surface area contributed by atoms with Gasteiger partial charge in [0.1, 0.15) is 24.4 Å². The van der Waals surface area contributed by atoms with Gasteiger partial charge < -0.3 is 49.2 Å². The van der Waals surface area contributed by atoms with E-state index in [-0.39, 0.29) is 12.2 Å². The number of aliphatic hydroxyl groups excluding tert-OH is 4. The molecule has 3 unspecified atom stereocenters. The SMILES string of the molecule is COC(=O)C1=CO[C@@H](O[C@@H]2O[C@H](CO)[C@@H](O)[C@H](O)[C@H]2O)C2C1CCOC2(C)O. The van der Waals surface area contributed by atoms with E-state index in [0.29, 0.717) is 6.42 Å². The first-order valence-corrected chi connectivity index (χ1v) is 8.97. The Balaban J connectivity index is 1.84. The van der Waals surface area contributed by atoms with Crippen LogP contribution < -0.4 is 0 Å². The van der Waals surface area contributed by atoms with E-state index in [1.165, 1.54) is 20.3 Å². The fourth-order valence-electron chi connectivity index (χ4n) is 3.89. The third-order valence-corrected chi connectivity index (χ3v) is 5.43. The van der Waals surface area contributed by atoms with Gasteiger partial charge in [-0.1, -0.05) is 0 Å². The van der Waals surface area contributed by atoms with Crippen molar-refractivity contribution in [2.45, 2.75) is 56.1 Å². The second kappa shape index (κ2) is 8.20. The highest BCUT2D eigenvalue weighted by Gasteiger charge is 2.55. The van der Waals surface area contributed by atoms with Gasteiger partial charge in [-0.3, -0.25) is 0 Å². The molecule has 11 nitrogen and oxygen atoms in total. The maximum absolute atomic E-state index is 12.1. The van der Waals surface area contributed by atoms with Gasteiger partial charge in [-0.25, -0.2) is 4.79 Å². The molecule has 9 atom stereocenters. The first-order chi connectivity index (χ1) is 13.2. The third-order valence-electron chi connectivity index (χ3n) is 5.43. The lowest BCUT2D eigenvalue weighted by atomic mass is 9.75. The lowest BCUT2D eigenvalue weighted by molar-refractivity contribution is -0.370. The van der Waals surface area contributed by atoms with Crippen molar-refractivity contribution in [2.75, 3.05) is 20.3 Å². The Morgan fingerprint density at radius 1 is 1.25 bits per heavy atom. The highest BCUT2D eigenvalue weighted by atomic mass is 16.8. The minimum Gasteiger partial charge on any atom is -0.471 e. The number of carbonyl (C=O) groups is 1. The summed E-state index contributed by atoms with van der Waals surface area (Å²) in [7, 11) is 1.23. The summed E-state index contributed by atoms with van der Waals surface area (Å²) in [6.45, 7) is 0.974. The molecular weight excluding hydrogens is 380 g/mol. The lowest BCUT2D eigenvalue weighted by Crippen LogP contribution is -2.62. The molecule has 2 saturated heterocycles. The number of esters is 1. The number of ether oxygens (including phenoxy) is 5. The zero-order chi connectivity index (χ0) is 20.6. The molecule has 28 heavy (non-hydrogen) atoms. The molecule has 160 valence electrons. The maximum atomic E-state index is 12.1. The molecule has 0 bridgehead atoms. The molecule has 2 fully saturated rings. The normalized spacial score (nSPS) is 46.2. The molecule has 3 aliphatic rings. The molecule has 0 aromatic carbocycles. The van der Waals surface area contributed by atoms with Crippen LogP contribution in [0.15, 0.2) is 11.8 Å². The minimum atomic E-state index is -1.73. The summed E-state index contributed by atoms with van der Waals surface area (Å²) < 4.78 is 26.6. The van der Waals surface area contributed by atoms with Gasteiger partial charge in [0.25, 0.3) is 0 Å². The van der Waals surface area contributed by atoms with E-state index in [9.17, 15) is 30.3 Å². The molecule has 3 aliphatic heterocycles. The van der Waals surface area contributed by atoms with E-state index in [1.807, 2.05) is 0 Å². The Morgan fingerprint density at radius 3 is 2.61 bits per heavy atom. The molecule has 0 saturated carbocycles. The minimum absolute atomic E-state index is 0.190. The van der Waals surface area contributed by atoms with E-state index in [0.717, 1.165) is 0 Å². The van der Waals surface area contributed by atoms with Crippen LogP contribution in [0, 0.1) is 11.8 Å². The largest absolute Gasteiger partial charge is 0.471 e. The predicted molar refractivity (Wildman–Crippen MR) is 88.0 cm³/mol. The van der Waals surface area contributed by atoms with Gasteiger partial charge in [-0.15, -0.1) is 0 Å². The van der Waals surface area contributed by atoms with Crippen LogP contribution in [0.3, 0.4) is 0 Å². The summed E-state index contributed by atoms with van der Waals surface area (Å²) in [5.41, 5.74) is 0.213. The molecular formula is C17H26O11. The molecule has 5 N–H and O–H groups in total. The van der Waals surface area contributed by atoms with Gasteiger partial charge >= 0.3 is 5.97 Å². The standard InChI is InChI=1S/C17H26O11/c1-17(23)10-7(3-4-26-17)8(14(22)24-2)6-25-15(10)28-16-13(21)12(20)11(19)9(5-18)27-16/h6-7,9-13,15-16,18-21,23H,3-5H2,1-2H3/t7?,9-,10?,11-,12+,13-,15+,16+,17?/m1/s1. The van der Waals surface area contributed by atoms with Crippen molar-refractivity contribution in [1.82, 2.24) is 0 Å². The van der Waals surface area contributed by atoms with Gasteiger partial charge in [-0.2, -0.15) is 0 Å². The van der Waals surface area contributed by atoms with Crippen molar-refractivity contribution < 1.29 is 54.0 Å². The summed E-state index contributed by atoms with van der Waals surface area (Å²) in [5.74, 6) is -3.73. The van der Waals surface area contributed by atoms with Gasteiger partial charge in [0.15, 0.2) is 12.1 Å². The van der Waals surface area contributed by atoms with E-state index in [2.05, 4.69) is 0 Å². The van der Waals surface area contributed by atoms with Crippen molar-refractivity contribution in [3.63, 3.8) is 0 Å². The zero-order valence-electron chi connectivity index (χ0n) is 15.5. The fourth-order valence-corrected chi connectivity index (χ4v) is 3.89. The Labute approximate surface area is 161 Å². The summed E-state index contributed by atoms with van der Waals surface area (Å²) in [4.78, 5) is 12.1. The zero-order valence-corrected chi connectivity index (χ0v) is 15.5. The Hall–Kier alpha value is -1.31. The van der Waals surface area contributed by atoms with E-state index in [4.69, 9.17) is 23.7 Å². The number of carbonyl (C=O) groups excluding carboxylic acids is 1. The van der Waals surface area contributed by atoms with Gasteiger partial charge in [0.2, 0.25) is 6.29 Å². The van der Waals surface area contributed by atoms with Gasteiger partial charge in [-0.05, 0) is 13.3 Å². The topological polar surface area (TPSA) is 164 Å². The van der Waals surface area contributed by atoms with Crippen LogP contribution in [-0.4, -0.2) is 94.6 Å². The lowest BCUT2D eigenvalue weighted by Gasteiger charge is -2.49. The molecule has 0 aromatic heterocycles. The van der Waals surface area contributed by atoms with Crippen molar-refractivity contribution >= 4 is 5.97 Å². The van der Waals surface area contributed by atoms with E-state index < -0.39 is 67.2 Å². The number of aliphatic hydroxyl groups is 5. The Bertz CT molecular complexity index is 604. The Kier molecular flexibility index (Phi) is 6.27. The molecule has 0 amide bonds. The average Bonchev–Trinajstić information content (AvgIpc) is 2.67. The summed E-state index contributed by atoms with van der Waals surface area (Å²) in [6.07, 6.45) is -7.08. The summed E-state index contributed by atoms with van der Waals surface area (Å²) in [5, 5.41) is 50.0. The van der Waals surface area contributed by atoms with Crippen LogP contribution in [0.4, 0.5) is 0 Å². The Morgan fingerprint density at radius 2 is 1.96 bits per heavy atom. The van der Waals surface area contributed by atoms with Crippen LogP contribution in [0.5, 0.6) is 0 Å². The number of methoxy groups -OCH3 is 1. The fraction of sp³-hybridized carbons (Fsp3) is 0.824. The summed E-state index contributed by atoms with van der Waals surface area (Å²) >= 11 is 0. The second-order valence-corrected chi connectivity index (χ2v) is 7.23. The molecule has 3 rings (SSSR count). The molecule has 0 radical (unpaired) electrons. The van der Waals surface area contributed by atoms with Crippen molar-refractivity contribution in [3.05, 3.63) is 11.8 Å². The maximum Gasteiger partial charge on any atom is 0.337 e. The predicted octanol–water partition coefficient (Wildman–Crippen LogP) is -2.42. The molecule has 0 aromatic rings. The van der Waals surface area contributed by atoms with Crippen molar-refractivity contribution in [3.8, 4) is 0 Å². The smallest absolute Gasteiger partial charge is 0.337 e. The van der Waals surface area contributed by atoms with Crippen molar-refractivity contribution in [2.24, 2.45) is 11.8 Å². The molecule has 11 heteroatoms. The number of hydrogen-bond acceptors (Lipinski definition) is 11. The van der Waals surface area contributed by atoms with Crippen LogP contribution in [0.25, 0.3) is 0 Å². The highest BCUT2D eigenvalue weighted by molar-refractivity contribution is 5.88. The number of rotatable bonds is 4. The third kappa shape index (κ3) is 3.76. The second-order valence-electron chi connectivity index (χ2n) is 7.23. The van der Waals surface area contributed by atoms with E-state index >= 15 is 0 Å². The highest BCUT2D eigenvalue weighted by Crippen LogP contribution is 2.45. The van der Waals surface area contributed by atoms with Crippen LogP contribution in [0.2, 0.25) is 0 Å². The molecule has 3 heterocycles. The number of fused-ring (bicyclic) bond motifs is 1. The first kappa shape index (κ1) is 21.4. The van der Waals surface area contributed by atoms with Crippen molar-refractivity contribution in [1.29, 1.82) is 0 Å². The van der Waals surface area contributed by atoms with Crippen LogP contribution in [0.1, 0.15) is 13.3 Å². The molecule has 0 aliphatic carbocycles. The molecule has 0 spiro atoms. The van der Waals surface area contributed by atoms with Crippen LogP contribution >= 0.6 is 0 Å². The number of hydrogen-bond donors (Lipinski definition) is 5. The van der Waals surface area contributed by atoms with Gasteiger partial charge in [0.05, 0.1) is 38.1 Å². The van der Waals surface area contributed by atoms with E-state index in [1.54, 1.807) is 0 Å². The average molecular weight is 406 g/mol. The van der Waals surface area contributed by atoms with Crippen LogP contribution in [-0.2, 0) is 28.5 Å². The monoisotopic (exact) mass is 406 g/mol. The quantitative estimate of drug-likeness (QED) is 0.315. The summed E-state index contributed by atoms with van der Waals surface area (Å²) in [6, 6.07) is 0. The first-order valence-electron chi connectivity index (χ1n) is 8.97.